The Morgan fingerprint density at radius 2 is 1.86 bits per heavy atom. The van der Waals surface area contributed by atoms with E-state index in [1.807, 2.05) is 12.1 Å². The van der Waals surface area contributed by atoms with E-state index in [0.717, 1.165) is 4.47 Å². The van der Waals surface area contributed by atoms with Gasteiger partial charge < -0.3 is 4.90 Å². The van der Waals surface area contributed by atoms with Gasteiger partial charge in [-0.05, 0) is 18.2 Å². The summed E-state index contributed by atoms with van der Waals surface area (Å²) < 4.78 is 0.874. The summed E-state index contributed by atoms with van der Waals surface area (Å²) in [4.78, 5) is 38.4. The number of hydrogen-bond donors (Lipinski definition) is 0. The Labute approximate surface area is 131 Å². The third kappa shape index (κ3) is 2.85. The van der Waals surface area contributed by atoms with Crippen molar-refractivity contribution < 1.29 is 14.4 Å². The molecule has 110 valence electrons. The van der Waals surface area contributed by atoms with Crippen LogP contribution in [-0.2, 0) is 9.59 Å². The number of halogens is 1. The van der Waals surface area contributed by atoms with Crippen molar-refractivity contribution in [2.24, 2.45) is 5.92 Å². The number of carbonyl (C=O) groups excluding carboxylic acids is 3. The average molecular weight is 351 g/mol. The molecule has 3 amide bonds. The molecule has 0 unspecified atom stereocenters. The van der Waals surface area contributed by atoms with E-state index in [1.165, 1.54) is 4.90 Å². The molecule has 0 atom stereocenters. The van der Waals surface area contributed by atoms with Gasteiger partial charge >= 0.3 is 0 Å². The molecule has 2 saturated heterocycles. The lowest BCUT2D eigenvalue weighted by molar-refractivity contribution is -0.139. The third-order valence-electron chi connectivity index (χ3n) is 3.91. The standard InChI is InChI=1S/C15H15BrN2O3/c16-12-3-1-2-11(6-12)15(21)17-7-10(8-17)9-18-13(19)4-5-14(18)20/h1-3,6,10H,4-5,7-9H2. The van der Waals surface area contributed by atoms with Gasteiger partial charge in [-0.1, -0.05) is 22.0 Å². The summed E-state index contributed by atoms with van der Waals surface area (Å²) in [5, 5.41) is 0. The number of rotatable bonds is 3. The lowest BCUT2D eigenvalue weighted by Crippen LogP contribution is -2.54. The smallest absolute Gasteiger partial charge is 0.253 e. The summed E-state index contributed by atoms with van der Waals surface area (Å²) >= 11 is 3.35. The molecule has 2 aliphatic rings. The molecule has 5 nitrogen and oxygen atoms in total. The Hall–Kier alpha value is -1.69. The highest BCUT2D eigenvalue weighted by Gasteiger charge is 2.37. The van der Waals surface area contributed by atoms with E-state index in [4.69, 9.17) is 0 Å². The second-order valence-electron chi connectivity index (χ2n) is 5.48. The number of benzene rings is 1. The van der Waals surface area contributed by atoms with E-state index in [9.17, 15) is 14.4 Å². The lowest BCUT2D eigenvalue weighted by Gasteiger charge is -2.40. The van der Waals surface area contributed by atoms with Crippen LogP contribution in [-0.4, -0.2) is 47.2 Å². The molecule has 2 heterocycles. The molecule has 6 heteroatoms. The first kappa shape index (κ1) is 14.3. The molecule has 2 fully saturated rings. The molecule has 0 aliphatic carbocycles. The Bertz CT molecular complexity index is 595. The molecule has 1 aromatic rings. The lowest BCUT2D eigenvalue weighted by atomic mass is 9.98. The Kier molecular flexibility index (Phi) is 3.80. The van der Waals surface area contributed by atoms with Gasteiger partial charge in [-0.25, -0.2) is 0 Å². The SMILES string of the molecule is O=C(c1cccc(Br)c1)N1CC(CN2C(=O)CCC2=O)C1. The fourth-order valence-electron chi connectivity index (χ4n) is 2.74. The van der Waals surface area contributed by atoms with Crippen LogP contribution in [0.3, 0.4) is 0 Å². The second-order valence-corrected chi connectivity index (χ2v) is 6.40. The van der Waals surface area contributed by atoms with Crippen LogP contribution in [0.5, 0.6) is 0 Å². The summed E-state index contributed by atoms with van der Waals surface area (Å²) in [7, 11) is 0. The van der Waals surface area contributed by atoms with Crippen molar-refractivity contribution in [3.8, 4) is 0 Å². The van der Waals surface area contributed by atoms with Crippen LogP contribution in [0.25, 0.3) is 0 Å². The summed E-state index contributed by atoms with van der Waals surface area (Å²) in [6.07, 6.45) is 0.651. The van der Waals surface area contributed by atoms with E-state index in [-0.39, 0.29) is 23.6 Å². The summed E-state index contributed by atoms with van der Waals surface area (Å²) in [6.45, 7) is 1.64. The van der Waals surface area contributed by atoms with Crippen molar-refractivity contribution >= 4 is 33.7 Å². The molecule has 0 N–H and O–H groups in total. The zero-order valence-electron chi connectivity index (χ0n) is 11.4. The van der Waals surface area contributed by atoms with E-state index in [2.05, 4.69) is 15.9 Å². The highest BCUT2D eigenvalue weighted by molar-refractivity contribution is 9.10. The molecule has 0 spiro atoms. The first-order valence-corrected chi connectivity index (χ1v) is 7.72. The topological polar surface area (TPSA) is 57.7 Å². The van der Waals surface area contributed by atoms with Crippen LogP contribution >= 0.6 is 15.9 Å². The Balaban J connectivity index is 1.55. The number of carbonyl (C=O) groups is 3. The number of nitrogens with zero attached hydrogens (tertiary/aromatic N) is 2. The Morgan fingerprint density at radius 3 is 2.48 bits per heavy atom. The fourth-order valence-corrected chi connectivity index (χ4v) is 3.14. The van der Waals surface area contributed by atoms with Gasteiger partial charge in [0.25, 0.3) is 5.91 Å². The number of imide groups is 1. The highest BCUT2D eigenvalue weighted by atomic mass is 79.9. The van der Waals surface area contributed by atoms with Crippen molar-refractivity contribution in [1.82, 2.24) is 9.80 Å². The maximum atomic E-state index is 12.2. The normalized spacial score (nSPS) is 19.1. The molecule has 0 aromatic heterocycles. The van der Waals surface area contributed by atoms with Gasteiger partial charge in [0.2, 0.25) is 11.8 Å². The second kappa shape index (κ2) is 5.60. The summed E-state index contributed by atoms with van der Waals surface area (Å²) in [5.41, 5.74) is 0.649. The molecule has 0 bridgehead atoms. The van der Waals surface area contributed by atoms with Crippen molar-refractivity contribution in [2.75, 3.05) is 19.6 Å². The van der Waals surface area contributed by atoms with Crippen LogP contribution < -0.4 is 0 Å². The van der Waals surface area contributed by atoms with E-state index in [0.29, 0.717) is 38.0 Å². The largest absolute Gasteiger partial charge is 0.338 e. The first-order chi connectivity index (χ1) is 10.0. The van der Waals surface area contributed by atoms with Crippen LogP contribution in [0.4, 0.5) is 0 Å². The third-order valence-corrected chi connectivity index (χ3v) is 4.40. The molecule has 1 aromatic carbocycles. The molecule has 0 saturated carbocycles. The number of likely N-dealkylation sites (tertiary alicyclic amines) is 2. The number of hydrogen-bond acceptors (Lipinski definition) is 3. The fraction of sp³-hybridized carbons (Fsp3) is 0.400. The average Bonchev–Trinajstić information content (AvgIpc) is 2.72. The minimum Gasteiger partial charge on any atom is -0.338 e. The van der Waals surface area contributed by atoms with Gasteiger partial charge in [0.05, 0.1) is 0 Å². The molecule has 2 aliphatic heterocycles. The van der Waals surface area contributed by atoms with Crippen molar-refractivity contribution in [3.63, 3.8) is 0 Å². The predicted molar refractivity (Wildman–Crippen MR) is 79.5 cm³/mol. The highest BCUT2D eigenvalue weighted by Crippen LogP contribution is 2.23. The quantitative estimate of drug-likeness (QED) is 0.779. The van der Waals surface area contributed by atoms with Crippen LogP contribution in [0.2, 0.25) is 0 Å². The van der Waals surface area contributed by atoms with E-state index >= 15 is 0 Å². The van der Waals surface area contributed by atoms with Crippen molar-refractivity contribution in [2.45, 2.75) is 12.8 Å². The van der Waals surface area contributed by atoms with Gasteiger partial charge in [-0.2, -0.15) is 0 Å². The first-order valence-electron chi connectivity index (χ1n) is 6.92. The number of amides is 3. The zero-order chi connectivity index (χ0) is 15.0. The summed E-state index contributed by atoms with van der Waals surface area (Å²) in [5.74, 6) is 0.0206. The van der Waals surface area contributed by atoms with Crippen LogP contribution in [0.1, 0.15) is 23.2 Å². The van der Waals surface area contributed by atoms with Gasteiger partial charge in [-0.15, -0.1) is 0 Å². The van der Waals surface area contributed by atoms with E-state index in [1.54, 1.807) is 17.0 Å². The van der Waals surface area contributed by atoms with Gasteiger partial charge in [-0.3, -0.25) is 19.3 Å². The van der Waals surface area contributed by atoms with Gasteiger partial charge in [0, 0.05) is 48.4 Å². The minimum atomic E-state index is -0.0863. The maximum Gasteiger partial charge on any atom is 0.253 e. The van der Waals surface area contributed by atoms with Crippen LogP contribution in [0, 0.1) is 5.92 Å². The zero-order valence-corrected chi connectivity index (χ0v) is 13.0. The van der Waals surface area contributed by atoms with Crippen molar-refractivity contribution in [3.05, 3.63) is 34.3 Å². The maximum absolute atomic E-state index is 12.2. The minimum absolute atomic E-state index is 0.00775. The predicted octanol–water partition coefficient (Wildman–Crippen LogP) is 1.67. The van der Waals surface area contributed by atoms with Crippen molar-refractivity contribution in [1.29, 1.82) is 0 Å². The van der Waals surface area contributed by atoms with Gasteiger partial charge in [0.1, 0.15) is 0 Å². The summed E-state index contributed by atoms with van der Waals surface area (Å²) in [6, 6.07) is 7.29. The molecule has 0 radical (unpaired) electrons. The van der Waals surface area contributed by atoms with Gasteiger partial charge in [0.15, 0.2) is 0 Å². The molecule has 21 heavy (non-hydrogen) atoms. The van der Waals surface area contributed by atoms with Crippen LogP contribution in [0.15, 0.2) is 28.7 Å². The van der Waals surface area contributed by atoms with E-state index < -0.39 is 0 Å². The monoisotopic (exact) mass is 350 g/mol. The molecule has 3 rings (SSSR count). The Morgan fingerprint density at radius 1 is 1.19 bits per heavy atom. The molecular weight excluding hydrogens is 336 g/mol. The molecular formula is C15H15BrN2O3.